The van der Waals surface area contributed by atoms with Crippen LogP contribution < -0.4 is 5.32 Å². The third-order valence-electron chi connectivity index (χ3n) is 3.06. The molecule has 0 saturated carbocycles. The molecule has 118 valence electrons. The Hall–Kier alpha value is -2.05. The molecule has 2 amide bonds. The van der Waals surface area contributed by atoms with Crippen LogP contribution in [0.25, 0.3) is 0 Å². The van der Waals surface area contributed by atoms with Gasteiger partial charge in [-0.15, -0.1) is 0 Å². The Morgan fingerprint density at radius 1 is 1.38 bits per heavy atom. The van der Waals surface area contributed by atoms with E-state index in [1.54, 1.807) is 22.0 Å². The minimum Gasteiger partial charge on any atom is -0.481 e. The number of carbonyl (C=O) groups excluding carboxylic acids is 1. The third kappa shape index (κ3) is 5.45. The van der Waals surface area contributed by atoms with Gasteiger partial charge in [-0.1, -0.05) is 0 Å². The first-order valence-corrected chi connectivity index (χ1v) is 7.14. The van der Waals surface area contributed by atoms with Crippen LogP contribution >= 0.6 is 0 Å². The molecule has 0 spiro atoms. The van der Waals surface area contributed by atoms with Crippen molar-refractivity contribution in [1.82, 2.24) is 14.7 Å². The number of hydrogen-bond acceptors (Lipinski definition) is 3. The highest BCUT2D eigenvalue weighted by atomic mass is 16.4. The summed E-state index contributed by atoms with van der Waals surface area (Å²) in [5.41, 5.74) is 0.637. The van der Waals surface area contributed by atoms with E-state index in [0.29, 0.717) is 18.7 Å². The van der Waals surface area contributed by atoms with Gasteiger partial charge in [0.25, 0.3) is 0 Å². The van der Waals surface area contributed by atoms with Gasteiger partial charge >= 0.3 is 12.0 Å². The van der Waals surface area contributed by atoms with Gasteiger partial charge in [0.1, 0.15) is 0 Å². The highest BCUT2D eigenvalue weighted by Crippen LogP contribution is 2.12. The van der Waals surface area contributed by atoms with Crippen LogP contribution in [0.4, 0.5) is 10.5 Å². The summed E-state index contributed by atoms with van der Waals surface area (Å²) < 4.78 is 1.76. The van der Waals surface area contributed by atoms with Crippen LogP contribution in [0.15, 0.2) is 12.4 Å². The first kappa shape index (κ1) is 17.0. The number of aliphatic carboxylic acids is 1. The average molecular weight is 296 g/mol. The van der Waals surface area contributed by atoms with E-state index in [0.717, 1.165) is 0 Å². The second-order valence-corrected chi connectivity index (χ2v) is 5.52. The van der Waals surface area contributed by atoms with Crippen LogP contribution in [0.3, 0.4) is 0 Å². The van der Waals surface area contributed by atoms with Crippen molar-refractivity contribution in [2.75, 3.05) is 11.9 Å². The highest BCUT2D eigenvalue weighted by molar-refractivity contribution is 5.89. The van der Waals surface area contributed by atoms with Crippen molar-refractivity contribution >= 4 is 17.7 Å². The van der Waals surface area contributed by atoms with E-state index < -0.39 is 5.97 Å². The zero-order valence-electron chi connectivity index (χ0n) is 13.0. The fourth-order valence-corrected chi connectivity index (χ4v) is 1.88. The van der Waals surface area contributed by atoms with Crippen molar-refractivity contribution in [3.05, 3.63) is 12.4 Å². The van der Waals surface area contributed by atoms with Gasteiger partial charge in [0.2, 0.25) is 0 Å². The van der Waals surface area contributed by atoms with E-state index in [1.807, 2.05) is 27.7 Å². The number of carbonyl (C=O) groups is 2. The molecule has 0 radical (unpaired) electrons. The summed E-state index contributed by atoms with van der Waals surface area (Å²) in [6.45, 7) is 8.22. The fourth-order valence-electron chi connectivity index (χ4n) is 1.88. The van der Waals surface area contributed by atoms with E-state index >= 15 is 0 Å². The smallest absolute Gasteiger partial charge is 0.322 e. The Balaban J connectivity index is 2.61. The van der Waals surface area contributed by atoms with Gasteiger partial charge < -0.3 is 15.3 Å². The largest absolute Gasteiger partial charge is 0.481 e. The lowest BCUT2D eigenvalue weighted by atomic mass is 10.2. The number of nitrogens with zero attached hydrogens (tertiary/aromatic N) is 3. The Bertz CT molecular complexity index is 482. The van der Waals surface area contributed by atoms with Crippen LogP contribution in [0.2, 0.25) is 0 Å². The molecule has 0 saturated heterocycles. The fraction of sp³-hybridized carbons (Fsp3) is 0.643. The summed E-state index contributed by atoms with van der Waals surface area (Å²) in [6, 6.07) is -0.00921. The molecule has 1 rings (SSSR count). The van der Waals surface area contributed by atoms with Gasteiger partial charge in [-0.05, 0) is 34.1 Å². The summed E-state index contributed by atoms with van der Waals surface area (Å²) in [5.74, 6) is -0.850. The van der Waals surface area contributed by atoms with Gasteiger partial charge in [0, 0.05) is 31.2 Å². The molecule has 0 aromatic carbocycles. The maximum absolute atomic E-state index is 12.2. The van der Waals surface area contributed by atoms with Crippen molar-refractivity contribution in [2.45, 2.75) is 52.6 Å². The number of carboxylic acids is 1. The molecule has 1 aromatic heterocycles. The van der Waals surface area contributed by atoms with E-state index in [4.69, 9.17) is 5.11 Å². The number of anilines is 1. The van der Waals surface area contributed by atoms with Crippen molar-refractivity contribution in [2.24, 2.45) is 0 Å². The highest BCUT2D eigenvalue weighted by Gasteiger charge is 2.17. The topological polar surface area (TPSA) is 87.5 Å². The number of rotatable bonds is 7. The molecule has 0 aliphatic heterocycles. The summed E-state index contributed by atoms with van der Waals surface area (Å²) in [7, 11) is 0. The zero-order chi connectivity index (χ0) is 16.0. The van der Waals surface area contributed by atoms with Crippen LogP contribution in [0.1, 0.15) is 46.6 Å². The van der Waals surface area contributed by atoms with Crippen molar-refractivity contribution in [1.29, 1.82) is 0 Å². The Morgan fingerprint density at radius 3 is 2.52 bits per heavy atom. The summed E-state index contributed by atoms with van der Waals surface area (Å²) in [4.78, 5) is 24.4. The number of aromatic nitrogens is 2. The van der Waals surface area contributed by atoms with Crippen LogP contribution in [-0.2, 0) is 4.79 Å². The van der Waals surface area contributed by atoms with Gasteiger partial charge in [0.05, 0.1) is 11.9 Å². The van der Waals surface area contributed by atoms with Crippen molar-refractivity contribution < 1.29 is 14.7 Å². The summed E-state index contributed by atoms with van der Waals surface area (Å²) >= 11 is 0. The zero-order valence-corrected chi connectivity index (χ0v) is 13.0. The molecule has 1 heterocycles. The van der Waals surface area contributed by atoms with Crippen LogP contribution in [0, 0.1) is 0 Å². The molecule has 7 nitrogen and oxygen atoms in total. The molecule has 1 aromatic rings. The molecule has 0 atom stereocenters. The molecule has 0 bridgehead atoms. The molecule has 21 heavy (non-hydrogen) atoms. The van der Waals surface area contributed by atoms with Gasteiger partial charge in [-0.3, -0.25) is 9.48 Å². The lowest BCUT2D eigenvalue weighted by Gasteiger charge is -2.26. The van der Waals surface area contributed by atoms with E-state index in [-0.39, 0.29) is 24.5 Å². The Kier molecular flexibility index (Phi) is 6.20. The lowest BCUT2D eigenvalue weighted by molar-refractivity contribution is -0.137. The Morgan fingerprint density at radius 2 is 2.05 bits per heavy atom. The van der Waals surface area contributed by atoms with Crippen molar-refractivity contribution in [3.8, 4) is 0 Å². The predicted molar refractivity (Wildman–Crippen MR) is 80.3 cm³/mol. The second-order valence-electron chi connectivity index (χ2n) is 5.52. The van der Waals surface area contributed by atoms with Gasteiger partial charge in [0.15, 0.2) is 0 Å². The summed E-state index contributed by atoms with van der Waals surface area (Å²) in [5, 5.41) is 15.6. The molecule has 2 N–H and O–H groups in total. The third-order valence-corrected chi connectivity index (χ3v) is 3.06. The predicted octanol–water partition coefficient (Wildman–Crippen LogP) is 2.57. The number of hydrogen-bond donors (Lipinski definition) is 2. The second kappa shape index (κ2) is 7.66. The molecular formula is C14H24N4O3. The lowest BCUT2D eigenvalue weighted by Crippen LogP contribution is -2.40. The van der Waals surface area contributed by atoms with E-state index in [1.165, 1.54) is 0 Å². The molecule has 7 heteroatoms. The first-order valence-electron chi connectivity index (χ1n) is 7.14. The maximum atomic E-state index is 12.2. The van der Waals surface area contributed by atoms with Crippen molar-refractivity contribution in [3.63, 3.8) is 0 Å². The minimum absolute atomic E-state index is 0.000983. The van der Waals surface area contributed by atoms with Gasteiger partial charge in [-0.25, -0.2) is 4.79 Å². The minimum atomic E-state index is -0.850. The summed E-state index contributed by atoms with van der Waals surface area (Å²) in [6.07, 6.45) is 3.87. The standard InChI is InChI=1S/C14H24N4O3/c1-10(2)17(7-5-6-13(19)20)14(21)16-12-8-15-18(9-12)11(3)4/h8-11H,5-7H2,1-4H3,(H,16,21)(H,19,20). The number of nitrogens with one attached hydrogen (secondary N) is 1. The monoisotopic (exact) mass is 296 g/mol. The normalized spacial score (nSPS) is 11.0. The van der Waals surface area contributed by atoms with Crippen LogP contribution in [-0.4, -0.2) is 44.4 Å². The molecular weight excluding hydrogens is 272 g/mol. The Labute approximate surface area is 124 Å². The molecule has 0 aliphatic carbocycles. The first-order chi connectivity index (χ1) is 9.81. The van der Waals surface area contributed by atoms with Gasteiger partial charge in [-0.2, -0.15) is 5.10 Å². The molecule has 0 fully saturated rings. The van der Waals surface area contributed by atoms with E-state index in [2.05, 4.69) is 10.4 Å². The SMILES string of the molecule is CC(C)N(CCCC(=O)O)C(=O)Nc1cnn(C(C)C)c1. The molecule has 0 unspecified atom stereocenters. The number of carboxylic acid groups (broad SMARTS) is 1. The maximum Gasteiger partial charge on any atom is 0.322 e. The average Bonchev–Trinajstić information content (AvgIpc) is 2.82. The number of urea groups is 1. The number of amides is 2. The quantitative estimate of drug-likeness (QED) is 0.809. The van der Waals surface area contributed by atoms with E-state index in [9.17, 15) is 9.59 Å². The van der Waals surface area contributed by atoms with Crippen LogP contribution in [0.5, 0.6) is 0 Å². The molecule has 0 aliphatic rings.